The van der Waals surface area contributed by atoms with Crippen LogP contribution in [0.25, 0.3) is 0 Å². The number of benzene rings is 3. The SMILES string of the molecule is COc1ccc([C@](O)(CCc2ccccc2)[C@H](CN2CCCCC2)c2ccccc2)cc1. The van der Waals surface area contributed by atoms with Crippen LogP contribution < -0.4 is 4.74 Å². The van der Waals surface area contributed by atoms with Gasteiger partial charge in [0.15, 0.2) is 0 Å². The first-order chi connectivity index (χ1) is 15.7. The zero-order valence-electron chi connectivity index (χ0n) is 19.1. The van der Waals surface area contributed by atoms with Gasteiger partial charge in [-0.15, -0.1) is 0 Å². The summed E-state index contributed by atoms with van der Waals surface area (Å²) in [5, 5.41) is 12.5. The number of nitrogens with zero attached hydrogens (tertiary/aromatic N) is 1. The summed E-state index contributed by atoms with van der Waals surface area (Å²) in [5.74, 6) is 0.797. The van der Waals surface area contributed by atoms with Crippen LogP contribution in [0.4, 0.5) is 0 Å². The van der Waals surface area contributed by atoms with Crippen molar-refractivity contribution in [2.75, 3.05) is 26.7 Å². The normalized spacial score (nSPS) is 17.4. The third-order valence-electron chi connectivity index (χ3n) is 6.90. The van der Waals surface area contributed by atoms with Gasteiger partial charge in [0.05, 0.1) is 12.7 Å². The quantitative estimate of drug-likeness (QED) is 0.468. The van der Waals surface area contributed by atoms with E-state index in [9.17, 15) is 5.11 Å². The smallest absolute Gasteiger partial charge is 0.118 e. The van der Waals surface area contributed by atoms with Crippen molar-refractivity contribution in [1.29, 1.82) is 0 Å². The zero-order valence-corrected chi connectivity index (χ0v) is 19.1. The molecule has 0 saturated carbocycles. The molecular weight excluding hydrogens is 394 g/mol. The van der Waals surface area contributed by atoms with E-state index in [-0.39, 0.29) is 5.92 Å². The molecular formula is C29H35NO2. The molecule has 3 heteroatoms. The Morgan fingerprint density at radius 1 is 0.844 bits per heavy atom. The maximum absolute atomic E-state index is 12.5. The van der Waals surface area contributed by atoms with Crippen molar-refractivity contribution < 1.29 is 9.84 Å². The third kappa shape index (κ3) is 5.40. The molecule has 1 heterocycles. The van der Waals surface area contributed by atoms with Crippen LogP contribution in [0.15, 0.2) is 84.9 Å². The van der Waals surface area contributed by atoms with Gasteiger partial charge in [0.2, 0.25) is 0 Å². The minimum Gasteiger partial charge on any atom is -0.497 e. The van der Waals surface area contributed by atoms with E-state index < -0.39 is 5.60 Å². The second-order valence-electron chi connectivity index (χ2n) is 8.96. The fourth-order valence-corrected chi connectivity index (χ4v) is 5.00. The van der Waals surface area contributed by atoms with E-state index in [0.29, 0.717) is 6.42 Å². The summed E-state index contributed by atoms with van der Waals surface area (Å²) in [4.78, 5) is 2.54. The zero-order chi connectivity index (χ0) is 22.2. The van der Waals surface area contributed by atoms with Gasteiger partial charge in [-0.2, -0.15) is 0 Å². The van der Waals surface area contributed by atoms with Crippen molar-refractivity contribution in [1.82, 2.24) is 4.90 Å². The number of hydrogen-bond donors (Lipinski definition) is 1. The molecule has 4 rings (SSSR count). The maximum Gasteiger partial charge on any atom is 0.118 e. The van der Waals surface area contributed by atoms with Crippen LogP contribution in [0.2, 0.25) is 0 Å². The number of ether oxygens (including phenoxy) is 1. The molecule has 3 aromatic carbocycles. The summed E-state index contributed by atoms with van der Waals surface area (Å²) in [6, 6.07) is 29.1. The van der Waals surface area contributed by atoms with Gasteiger partial charge >= 0.3 is 0 Å². The van der Waals surface area contributed by atoms with Gasteiger partial charge < -0.3 is 14.7 Å². The number of aliphatic hydroxyl groups is 1. The molecule has 3 nitrogen and oxygen atoms in total. The van der Waals surface area contributed by atoms with Gasteiger partial charge in [-0.25, -0.2) is 0 Å². The van der Waals surface area contributed by atoms with Crippen molar-refractivity contribution in [3.05, 3.63) is 102 Å². The number of likely N-dealkylation sites (tertiary alicyclic amines) is 1. The Morgan fingerprint density at radius 2 is 1.47 bits per heavy atom. The maximum atomic E-state index is 12.5. The number of hydrogen-bond acceptors (Lipinski definition) is 3. The molecule has 0 radical (unpaired) electrons. The van der Waals surface area contributed by atoms with E-state index in [1.807, 2.05) is 30.3 Å². The Kier molecular flexibility index (Phi) is 7.62. The molecule has 0 bridgehead atoms. The molecule has 0 aliphatic carbocycles. The fourth-order valence-electron chi connectivity index (χ4n) is 5.00. The number of aryl methyl sites for hydroxylation is 1. The largest absolute Gasteiger partial charge is 0.497 e. The number of piperidine rings is 1. The van der Waals surface area contributed by atoms with Crippen LogP contribution in [-0.2, 0) is 12.0 Å². The first-order valence-corrected chi connectivity index (χ1v) is 11.9. The minimum atomic E-state index is -0.985. The lowest BCUT2D eigenvalue weighted by Gasteiger charge is -2.41. The monoisotopic (exact) mass is 429 g/mol. The Morgan fingerprint density at radius 3 is 2.09 bits per heavy atom. The summed E-state index contributed by atoms with van der Waals surface area (Å²) < 4.78 is 5.39. The molecule has 0 spiro atoms. The number of rotatable bonds is 9. The van der Waals surface area contributed by atoms with Crippen molar-refractivity contribution in [3.63, 3.8) is 0 Å². The van der Waals surface area contributed by atoms with Crippen LogP contribution >= 0.6 is 0 Å². The van der Waals surface area contributed by atoms with Crippen LogP contribution in [0.1, 0.15) is 48.3 Å². The Bertz CT molecular complexity index is 936. The van der Waals surface area contributed by atoms with Crippen LogP contribution in [0.5, 0.6) is 5.75 Å². The van der Waals surface area contributed by atoms with Gasteiger partial charge in [0.25, 0.3) is 0 Å². The van der Waals surface area contributed by atoms with E-state index in [4.69, 9.17) is 4.74 Å². The lowest BCUT2D eigenvalue weighted by atomic mass is 9.73. The highest BCUT2D eigenvalue weighted by atomic mass is 16.5. The lowest BCUT2D eigenvalue weighted by molar-refractivity contribution is -0.0144. The highest BCUT2D eigenvalue weighted by molar-refractivity contribution is 5.36. The molecule has 0 amide bonds. The van der Waals surface area contributed by atoms with Crippen molar-refractivity contribution in [3.8, 4) is 5.75 Å². The predicted octanol–water partition coefficient (Wildman–Crippen LogP) is 5.79. The van der Waals surface area contributed by atoms with Gasteiger partial charge in [0, 0.05) is 12.5 Å². The van der Waals surface area contributed by atoms with Crippen molar-refractivity contribution in [2.24, 2.45) is 0 Å². The highest BCUT2D eigenvalue weighted by Crippen LogP contribution is 2.42. The molecule has 0 unspecified atom stereocenters. The van der Waals surface area contributed by atoms with Gasteiger partial charge in [0.1, 0.15) is 5.75 Å². The summed E-state index contributed by atoms with van der Waals surface area (Å²) in [6.07, 6.45) is 5.28. The average molecular weight is 430 g/mol. The first-order valence-electron chi connectivity index (χ1n) is 11.9. The summed E-state index contributed by atoms with van der Waals surface area (Å²) in [5.41, 5.74) is 2.43. The standard InChI is InChI=1S/C29H35NO2/c1-32-27-17-15-26(16-18-27)29(31,20-19-24-11-5-2-6-12-24)28(25-13-7-3-8-14-25)23-30-21-9-4-10-22-30/h2-3,5-8,11-18,28,31H,4,9-10,19-23H2,1H3/t28-,29-/m1/s1. The third-order valence-corrected chi connectivity index (χ3v) is 6.90. The molecule has 32 heavy (non-hydrogen) atoms. The first kappa shape index (κ1) is 22.6. The second-order valence-corrected chi connectivity index (χ2v) is 8.96. The molecule has 1 N–H and O–H groups in total. The fraction of sp³-hybridized carbons (Fsp3) is 0.379. The van der Waals surface area contributed by atoms with Crippen LogP contribution in [0, 0.1) is 0 Å². The predicted molar refractivity (Wildman–Crippen MR) is 131 cm³/mol. The molecule has 2 atom stereocenters. The van der Waals surface area contributed by atoms with Crippen LogP contribution in [-0.4, -0.2) is 36.8 Å². The molecule has 1 saturated heterocycles. The van der Waals surface area contributed by atoms with E-state index >= 15 is 0 Å². The van der Waals surface area contributed by atoms with E-state index in [2.05, 4.69) is 59.5 Å². The second kappa shape index (κ2) is 10.8. The summed E-state index contributed by atoms with van der Waals surface area (Å²) >= 11 is 0. The van der Waals surface area contributed by atoms with Crippen LogP contribution in [0.3, 0.4) is 0 Å². The highest BCUT2D eigenvalue weighted by Gasteiger charge is 2.40. The summed E-state index contributed by atoms with van der Waals surface area (Å²) in [7, 11) is 1.68. The Hall–Kier alpha value is -2.62. The molecule has 1 aliphatic heterocycles. The average Bonchev–Trinajstić information content (AvgIpc) is 2.88. The lowest BCUT2D eigenvalue weighted by Crippen LogP contribution is -2.43. The number of methoxy groups -OCH3 is 1. The molecule has 0 aromatic heterocycles. The molecule has 1 aliphatic rings. The van der Waals surface area contributed by atoms with Crippen molar-refractivity contribution in [2.45, 2.75) is 43.6 Å². The van der Waals surface area contributed by atoms with Gasteiger partial charge in [-0.05, 0) is 67.6 Å². The minimum absolute atomic E-state index is 0.0149. The molecule has 1 fully saturated rings. The van der Waals surface area contributed by atoms with E-state index in [1.54, 1.807) is 7.11 Å². The van der Waals surface area contributed by atoms with Gasteiger partial charge in [-0.3, -0.25) is 0 Å². The Balaban J connectivity index is 1.71. The molecule has 3 aromatic rings. The van der Waals surface area contributed by atoms with Crippen molar-refractivity contribution >= 4 is 0 Å². The Labute approximate surface area is 192 Å². The topological polar surface area (TPSA) is 32.7 Å². The van der Waals surface area contributed by atoms with E-state index in [0.717, 1.165) is 37.4 Å². The summed E-state index contributed by atoms with van der Waals surface area (Å²) in [6.45, 7) is 3.09. The molecule has 168 valence electrons. The van der Waals surface area contributed by atoms with Gasteiger partial charge in [-0.1, -0.05) is 79.2 Å². The van der Waals surface area contributed by atoms with E-state index in [1.165, 1.54) is 30.4 Å².